The molecule has 16 heavy (non-hydrogen) atoms. The summed E-state index contributed by atoms with van der Waals surface area (Å²) < 4.78 is 5.04. The van der Waals surface area contributed by atoms with Crippen LogP contribution in [0.15, 0.2) is 12.1 Å². The van der Waals surface area contributed by atoms with Gasteiger partial charge in [-0.1, -0.05) is 0 Å². The predicted molar refractivity (Wildman–Crippen MR) is 64.9 cm³/mol. The average Bonchev–Trinajstić information content (AvgIpc) is 2.23. The minimum absolute atomic E-state index is 0.176. The van der Waals surface area contributed by atoms with E-state index in [9.17, 15) is 0 Å². The summed E-state index contributed by atoms with van der Waals surface area (Å²) in [7, 11) is 1.71. The summed E-state index contributed by atoms with van der Waals surface area (Å²) in [4.78, 5) is 4.35. The molecule has 90 valence electrons. The van der Waals surface area contributed by atoms with Crippen LogP contribution in [0.5, 0.6) is 0 Å². The van der Waals surface area contributed by atoms with Crippen molar-refractivity contribution in [2.75, 3.05) is 13.7 Å². The van der Waals surface area contributed by atoms with Gasteiger partial charge >= 0.3 is 0 Å². The van der Waals surface area contributed by atoms with E-state index < -0.39 is 0 Å². The SMILES string of the molecule is COCCCC(NN)c1cc(C)nc(C)c1. The van der Waals surface area contributed by atoms with Crippen molar-refractivity contribution in [2.24, 2.45) is 5.84 Å². The molecule has 4 heteroatoms. The highest BCUT2D eigenvalue weighted by Crippen LogP contribution is 2.19. The molecule has 0 fully saturated rings. The minimum atomic E-state index is 0.176. The Kier molecular flexibility index (Phi) is 5.38. The maximum Gasteiger partial charge on any atom is 0.0462 e. The van der Waals surface area contributed by atoms with Gasteiger partial charge in [0.2, 0.25) is 0 Å². The highest BCUT2D eigenvalue weighted by atomic mass is 16.5. The molecule has 1 heterocycles. The second kappa shape index (κ2) is 6.58. The Labute approximate surface area is 97.2 Å². The molecule has 0 radical (unpaired) electrons. The molecule has 0 aromatic carbocycles. The quantitative estimate of drug-likeness (QED) is 0.437. The van der Waals surface area contributed by atoms with Crippen molar-refractivity contribution >= 4 is 0 Å². The van der Waals surface area contributed by atoms with Crippen LogP contribution in [0.1, 0.15) is 35.8 Å². The lowest BCUT2D eigenvalue weighted by atomic mass is 10.0. The summed E-state index contributed by atoms with van der Waals surface area (Å²) in [5.74, 6) is 5.58. The number of nitrogens with two attached hydrogens (primary N) is 1. The van der Waals surface area contributed by atoms with Crippen molar-refractivity contribution in [3.05, 3.63) is 29.1 Å². The molecule has 0 amide bonds. The highest BCUT2D eigenvalue weighted by Gasteiger charge is 2.10. The average molecular weight is 223 g/mol. The van der Waals surface area contributed by atoms with E-state index in [0.717, 1.165) is 30.8 Å². The van der Waals surface area contributed by atoms with E-state index >= 15 is 0 Å². The number of methoxy groups -OCH3 is 1. The minimum Gasteiger partial charge on any atom is -0.385 e. The van der Waals surface area contributed by atoms with E-state index in [4.69, 9.17) is 10.6 Å². The number of hydrogen-bond donors (Lipinski definition) is 2. The molecule has 0 aliphatic carbocycles. The molecule has 0 saturated carbocycles. The first-order valence-electron chi connectivity index (χ1n) is 5.57. The molecule has 0 aliphatic heterocycles. The number of nitrogens with zero attached hydrogens (tertiary/aromatic N) is 1. The zero-order valence-corrected chi connectivity index (χ0v) is 10.3. The molecule has 4 nitrogen and oxygen atoms in total. The molecule has 3 N–H and O–H groups in total. The lowest BCUT2D eigenvalue weighted by Gasteiger charge is -2.17. The highest BCUT2D eigenvalue weighted by molar-refractivity contribution is 5.23. The molecule has 1 aromatic heterocycles. The Morgan fingerprint density at radius 3 is 2.50 bits per heavy atom. The fourth-order valence-electron chi connectivity index (χ4n) is 1.85. The van der Waals surface area contributed by atoms with Crippen LogP contribution in [0.25, 0.3) is 0 Å². The van der Waals surface area contributed by atoms with Gasteiger partial charge in [-0.25, -0.2) is 0 Å². The third-order valence-electron chi connectivity index (χ3n) is 2.55. The first kappa shape index (κ1) is 13.1. The van der Waals surface area contributed by atoms with Crippen LogP contribution in [0.4, 0.5) is 0 Å². The lowest BCUT2D eigenvalue weighted by Crippen LogP contribution is -2.28. The molecule has 0 saturated heterocycles. The van der Waals surface area contributed by atoms with Crippen LogP contribution >= 0.6 is 0 Å². The van der Waals surface area contributed by atoms with E-state index in [1.165, 1.54) is 5.56 Å². The van der Waals surface area contributed by atoms with Crippen LogP contribution < -0.4 is 11.3 Å². The van der Waals surface area contributed by atoms with Crippen LogP contribution in [-0.4, -0.2) is 18.7 Å². The summed E-state index contributed by atoms with van der Waals surface area (Å²) in [5, 5.41) is 0. The molecular formula is C12H21N3O. The largest absolute Gasteiger partial charge is 0.385 e. The molecule has 1 unspecified atom stereocenters. The van der Waals surface area contributed by atoms with Gasteiger partial charge in [0.15, 0.2) is 0 Å². The Balaban J connectivity index is 2.70. The second-order valence-electron chi connectivity index (χ2n) is 4.04. The third-order valence-corrected chi connectivity index (χ3v) is 2.55. The Hall–Kier alpha value is -0.970. The first-order chi connectivity index (χ1) is 7.67. The van der Waals surface area contributed by atoms with Crippen molar-refractivity contribution in [1.82, 2.24) is 10.4 Å². The van der Waals surface area contributed by atoms with Crippen molar-refractivity contribution in [3.8, 4) is 0 Å². The van der Waals surface area contributed by atoms with Gasteiger partial charge in [-0.3, -0.25) is 16.3 Å². The first-order valence-corrected chi connectivity index (χ1v) is 5.57. The zero-order valence-electron chi connectivity index (χ0n) is 10.3. The molecule has 0 bridgehead atoms. The maximum absolute atomic E-state index is 5.58. The number of aromatic nitrogens is 1. The molecule has 1 rings (SSSR count). The second-order valence-corrected chi connectivity index (χ2v) is 4.04. The molecule has 1 atom stereocenters. The normalized spacial score (nSPS) is 12.8. The number of hydrogen-bond acceptors (Lipinski definition) is 4. The van der Waals surface area contributed by atoms with Crippen molar-refractivity contribution in [3.63, 3.8) is 0 Å². The number of aryl methyl sites for hydroxylation is 2. The predicted octanol–water partition coefficient (Wildman–Crippen LogP) is 1.63. The van der Waals surface area contributed by atoms with E-state index in [1.807, 2.05) is 13.8 Å². The fourth-order valence-corrected chi connectivity index (χ4v) is 1.85. The summed E-state index contributed by atoms with van der Waals surface area (Å²) in [6.45, 7) is 4.76. The van der Waals surface area contributed by atoms with Gasteiger partial charge in [-0.15, -0.1) is 0 Å². The molecular weight excluding hydrogens is 202 g/mol. The van der Waals surface area contributed by atoms with Gasteiger partial charge in [0.1, 0.15) is 0 Å². The Morgan fingerprint density at radius 2 is 2.00 bits per heavy atom. The van der Waals surface area contributed by atoms with Gasteiger partial charge in [0.25, 0.3) is 0 Å². The summed E-state index contributed by atoms with van der Waals surface area (Å²) in [6.07, 6.45) is 1.96. The maximum atomic E-state index is 5.58. The number of ether oxygens (including phenoxy) is 1. The molecule has 1 aromatic rings. The number of nitrogens with one attached hydrogen (secondary N) is 1. The number of pyridine rings is 1. The summed E-state index contributed by atoms with van der Waals surface area (Å²) >= 11 is 0. The summed E-state index contributed by atoms with van der Waals surface area (Å²) in [6, 6.07) is 4.32. The fraction of sp³-hybridized carbons (Fsp3) is 0.583. The van der Waals surface area contributed by atoms with Gasteiger partial charge < -0.3 is 4.74 Å². The van der Waals surface area contributed by atoms with E-state index in [2.05, 4.69) is 22.5 Å². The van der Waals surface area contributed by atoms with E-state index in [-0.39, 0.29) is 6.04 Å². The van der Waals surface area contributed by atoms with Gasteiger partial charge in [0, 0.05) is 31.1 Å². The third kappa shape index (κ3) is 3.89. The van der Waals surface area contributed by atoms with Crippen LogP contribution in [0.3, 0.4) is 0 Å². The van der Waals surface area contributed by atoms with E-state index in [1.54, 1.807) is 7.11 Å². The summed E-state index contributed by atoms with van der Waals surface area (Å²) in [5.41, 5.74) is 6.11. The van der Waals surface area contributed by atoms with Crippen LogP contribution in [0.2, 0.25) is 0 Å². The Morgan fingerprint density at radius 1 is 1.38 bits per heavy atom. The van der Waals surface area contributed by atoms with Crippen molar-refractivity contribution in [1.29, 1.82) is 0 Å². The monoisotopic (exact) mass is 223 g/mol. The number of hydrazine groups is 1. The smallest absolute Gasteiger partial charge is 0.0462 e. The molecule has 0 spiro atoms. The van der Waals surface area contributed by atoms with Crippen molar-refractivity contribution < 1.29 is 4.74 Å². The van der Waals surface area contributed by atoms with Gasteiger partial charge in [0.05, 0.1) is 0 Å². The van der Waals surface area contributed by atoms with Crippen LogP contribution in [-0.2, 0) is 4.74 Å². The van der Waals surface area contributed by atoms with Gasteiger partial charge in [-0.05, 0) is 44.4 Å². The molecule has 0 aliphatic rings. The number of rotatable bonds is 6. The topological polar surface area (TPSA) is 60.2 Å². The standard InChI is InChI=1S/C12H21N3O/c1-9-7-11(8-10(2)14-9)12(15-13)5-4-6-16-3/h7-8,12,15H,4-6,13H2,1-3H3. The van der Waals surface area contributed by atoms with Crippen molar-refractivity contribution in [2.45, 2.75) is 32.7 Å². The lowest BCUT2D eigenvalue weighted by molar-refractivity contribution is 0.189. The van der Waals surface area contributed by atoms with E-state index in [0.29, 0.717) is 0 Å². The van der Waals surface area contributed by atoms with Gasteiger partial charge in [-0.2, -0.15) is 0 Å². The zero-order chi connectivity index (χ0) is 12.0. The van der Waals surface area contributed by atoms with Crippen LogP contribution in [0, 0.1) is 13.8 Å². The Bertz CT molecular complexity index is 308.